The number of anilines is 1. The van der Waals surface area contributed by atoms with Gasteiger partial charge in [0.25, 0.3) is 5.56 Å². The van der Waals surface area contributed by atoms with Crippen LogP contribution in [-0.2, 0) is 24.6 Å². The van der Waals surface area contributed by atoms with Crippen molar-refractivity contribution in [1.82, 2.24) is 19.7 Å². The number of hydrogen-bond acceptors (Lipinski definition) is 5. The number of nitrogens with one attached hydrogen (secondary N) is 1. The van der Waals surface area contributed by atoms with Gasteiger partial charge in [-0.15, -0.1) is 0 Å². The van der Waals surface area contributed by atoms with Crippen molar-refractivity contribution in [2.75, 3.05) is 31.2 Å². The maximum absolute atomic E-state index is 12.9. The standard InChI is InChI=1S/C24H32ClN5O2/c1-3-4-20-21-22(29(2)28-20)23(31)27-24(26-21)30(14-10-18-11-15-32-16-12-18)13-9-17-5-7-19(25)8-6-17/h5-8,18H,3-4,9-16H2,1-2H3,(H,26,27,31). The molecule has 32 heavy (non-hydrogen) atoms. The topological polar surface area (TPSA) is 76.0 Å². The zero-order valence-corrected chi connectivity index (χ0v) is 19.7. The van der Waals surface area contributed by atoms with E-state index in [2.05, 4.69) is 34.0 Å². The van der Waals surface area contributed by atoms with Gasteiger partial charge in [-0.25, -0.2) is 4.98 Å². The summed E-state index contributed by atoms with van der Waals surface area (Å²) in [5, 5.41) is 5.29. The van der Waals surface area contributed by atoms with Crippen molar-refractivity contribution in [3.63, 3.8) is 0 Å². The summed E-state index contributed by atoms with van der Waals surface area (Å²) in [6.45, 7) is 5.40. The number of ether oxygens (including phenoxy) is 1. The van der Waals surface area contributed by atoms with Gasteiger partial charge in [0.15, 0.2) is 5.52 Å². The quantitative estimate of drug-likeness (QED) is 0.522. The number of halogens is 1. The van der Waals surface area contributed by atoms with E-state index in [0.717, 1.165) is 81.1 Å². The zero-order chi connectivity index (χ0) is 22.5. The second kappa shape index (κ2) is 10.5. The lowest BCUT2D eigenvalue weighted by Gasteiger charge is -2.27. The molecular formula is C24H32ClN5O2. The maximum atomic E-state index is 12.9. The lowest BCUT2D eigenvalue weighted by molar-refractivity contribution is 0.0644. The van der Waals surface area contributed by atoms with Crippen molar-refractivity contribution in [2.45, 2.75) is 45.4 Å². The average Bonchev–Trinajstić information content (AvgIpc) is 3.11. The number of rotatable bonds is 9. The predicted octanol–water partition coefficient (Wildman–Crippen LogP) is 4.13. The Bertz CT molecular complexity index is 1090. The summed E-state index contributed by atoms with van der Waals surface area (Å²) in [5.41, 5.74) is 3.22. The van der Waals surface area contributed by atoms with Crippen LogP contribution in [0.5, 0.6) is 0 Å². The lowest BCUT2D eigenvalue weighted by Crippen LogP contribution is -2.32. The molecule has 172 valence electrons. The molecule has 1 N–H and O–H groups in total. The molecule has 4 rings (SSSR count). The molecule has 3 heterocycles. The Hall–Kier alpha value is -2.38. The van der Waals surface area contributed by atoms with Crippen LogP contribution in [0.15, 0.2) is 29.1 Å². The van der Waals surface area contributed by atoms with E-state index in [0.29, 0.717) is 17.4 Å². The smallest absolute Gasteiger partial charge is 0.278 e. The Kier molecular flexibility index (Phi) is 7.48. The minimum absolute atomic E-state index is 0.134. The Morgan fingerprint density at radius 1 is 1.19 bits per heavy atom. The van der Waals surface area contributed by atoms with Crippen molar-refractivity contribution in [3.05, 3.63) is 50.9 Å². The molecule has 0 radical (unpaired) electrons. The molecule has 7 nitrogen and oxygen atoms in total. The minimum Gasteiger partial charge on any atom is -0.381 e. The van der Waals surface area contributed by atoms with E-state index < -0.39 is 0 Å². The van der Waals surface area contributed by atoms with Gasteiger partial charge in [-0.1, -0.05) is 37.1 Å². The molecule has 8 heteroatoms. The molecule has 0 unspecified atom stereocenters. The first kappa shape index (κ1) is 22.8. The first-order chi connectivity index (χ1) is 15.5. The van der Waals surface area contributed by atoms with E-state index in [1.165, 1.54) is 5.56 Å². The van der Waals surface area contributed by atoms with E-state index in [1.54, 1.807) is 4.68 Å². The van der Waals surface area contributed by atoms with Crippen molar-refractivity contribution in [3.8, 4) is 0 Å². The number of H-pyrrole nitrogens is 1. The third kappa shape index (κ3) is 5.33. The first-order valence-corrected chi connectivity index (χ1v) is 12.0. The highest BCUT2D eigenvalue weighted by Gasteiger charge is 2.20. The van der Waals surface area contributed by atoms with Crippen LogP contribution in [-0.4, -0.2) is 46.1 Å². The van der Waals surface area contributed by atoms with Gasteiger partial charge in [0.2, 0.25) is 5.95 Å². The fraction of sp³-hybridized carbons (Fsp3) is 0.542. The molecule has 1 fully saturated rings. The highest BCUT2D eigenvalue weighted by atomic mass is 35.5. The highest BCUT2D eigenvalue weighted by molar-refractivity contribution is 6.30. The largest absolute Gasteiger partial charge is 0.381 e. The SMILES string of the molecule is CCCc1nn(C)c2c(=O)[nH]c(N(CCc3ccc(Cl)cc3)CCC3CCOCC3)nc12. The number of aromatic nitrogens is 4. The van der Waals surface area contributed by atoms with Crippen molar-refractivity contribution in [2.24, 2.45) is 13.0 Å². The molecule has 1 aromatic carbocycles. The van der Waals surface area contributed by atoms with Crippen LogP contribution >= 0.6 is 11.6 Å². The summed E-state index contributed by atoms with van der Waals surface area (Å²) in [6.07, 6.45) is 5.86. The molecule has 0 atom stereocenters. The molecular weight excluding hydrogens is 426 g/mol. The van der Waals surface area contributed by atoms with Gasteiger partial charge in [-0.3, -0.25) is 14.5 Å². The number of fused-ring (bicyclic) bond motifs is 1. The fourth-order valence-corrected chi connectivity index (χ4v) is 4.53. The summed E-state index contributed by atoms with van der Waals surface area (Å²) in [7, 11) is 1.81. The molecule has 0 saturated carbocycles. The van der Waals surface area contributed by atoms with Gasteiger partial charge >= 0.3 is 0 Å². The van der Waals surface area contributed by atoms with E-state index >= 15 is 0 Å². The maximum Gasteiger partial charge on any atom is 0.278 e. The molecule has 2 aromatic heterocycles. The Morgan fingerprint density at radius 3 is 2.66 bits per heavy atom. The highest BCUT2D eigenvalue weighted by Crippen LogP contribution is 2.22. The second-order valence-electron chi connectivity index (χ2n) is 8.61. The second-order valence-corrected chi connectivity index (χ2v) is 9.05. The third-order valence-corrected chi connectivity index (χ3v) is 6.52. The molecule has 1 aliphatic heterocycles. The zero-order valence-electron chi connectivity index (χ0n) is 18.9. The third-order valence-electron chi connectivity index (χ3n) is 6.27. The molecule has 0 aliphatic carbocycles. The van der Waals surface area contributed by atoms with Crippen LogP contribution < -0.4 is 10.5 Å². The van der Waals surface area contributed by atoms with Crippen LogP contribution in [0.3, 0.4) is 0 Å². The number of benzene rings is 1. The van der Waals surface area contributed by atoms with Crippen LogP contribution in [0, 0.1) is 5.92 Å². The van der Waals surface area contributed by atoms with Crippen molar-refractivity contribution >= 4 is 28.6 Å². The monoisotopic (exact) mass is 457 g/mol. The van der Waals surface area contributed by atoms with Crippen LogP contribution in [0.1, 0.15) is 43.9 Å². The number of nitrogens with zero attached hydrogens (tertiary/aromatic N) is 4. The summed E-state index contributed by atoms with van der Waals surface area (Å²) in [6, 6.07) is 7.95. The molecule has 0 spiro atoms. The number of aromatic amines is 1. The van der Waals surface area contributed by atoms with E-state index in [-0.39, 0.29) is 5.56 Å². The fourth-order valence-electron chi connectivity index (χ4n) is 4.40. The van der Waals surface area contributed by atoms with Gasteiger partial charge in [0.05, 0.1) is 5.69 Å². The molecule has 1 aliphatic rings. The van der Waals surface area contributed by atoms with E-state index in [1.807, 2.05) is 19.2 Å². The minimum atomic E-state index is -0.134. The van der Waals surface area contributed by atoms with E-state index in [9.17, 15) is 4.79 Å². The lowest BCUT2D eigenvalue weighted by atomic mass is 9.96. The van der Waals surface area contributed by atoms with Crippen molar-refractivity contribution in [1.29, 1.82) is 0 Å². The van der Waals surface area contributed by atoms with E-state index in [4.69, 9.17) is 21.3 Å². The molecule has 0 amide bonds. The average molecular weight is 458 g/mol. The Labute approximate surface area is 193 Å². The Balaban J connectivity index is 1.61. The number of hydrogen-bond donors (Lipinski definition) is 1. The molecule has 3 aromatic rings. The molecule has 0 bridgehead atoms. The van der Waals surface area contributed by atoms with Crippen molar-refractivity contribution < 1.29 is 4.74 Å². The molecule has 1 saturated heterocycles. The van der Waals surface area contributed by atoms with Gasteiger partial charge in [-0.05, 0) is 55.7 Å². The van der Waals surface area contributed by atoms with Crippen LogP contribution in [0.2, 0.25) is 5.02 Å². The van der Waals surface area contributed by atoms with Gasteiger partial charge in [0, 0.05) is 38.4 Å². The number of aryl methyl sites for hydroxylation is 2. The summed E-state index contributed by atoms with van der Waals surface area (Å²) in [5.74, 6) is 1.28. The first-order valence-electron chi connectivity index (χ1n) is 11.6. The summed E-state index contributed by atoms with van der Waals surface area (Å²) in [4.78, 5) is 23.1. The van der Waals surface area contributed by atoms with Gasteiger partial charge in [-0.2, -0.15) is 5.10 Å². The van der Waals surface area contributed by atoms with Gasteiger partial charge in [0.1, 0.15) is 5.52 Å². The Morgan fingerprint density at radius 2 is 1.94 bits per heavy atom. The van der Waals surface area contributed by atoms with Crippen LogP contribution in [0.4, 0.5) is 5.95 Å². The summed E-state index contributed by atoms with van der Waals surface area (Å²) < 4.78 is 7.16. The predicted molar refractivity (Wildman–Crippen MR) is 129 cm³/mol. The summed E-state index contributed by atoms with van der Waals surface area (Å²) >= 11 is 6.04. The van der Waals surface area contributed by atoms with Gasteiger partial charge < -0.3 is 9.64 Å². The van der Waals surface area contributed by atoms with Crippen LogP contribution in [0.25, 0.3) is 11.0 Å². The normalized spacial score (nSPS) is 14.8.